The molecule has 1 aliphatic rings. The highest BCUT2D eigenvalue weighted by Crippen LogP contribution is 2.28. The van der Waals surface area contributed by atoms with Gasteiger partial charge in [-0.05, 0) is 43.4 Å². The number of carbonyl (C=O) groups excluding carboxylic acids is 1. The lowest BCUT2D eigenvalue weighted by molar-refractivity contribution is -0.192. The van der Waals surface area contributed by atoms with Gasteiger partial charge in [-0.25, -0.2) is 4.79 Å². The second kappa shape index (κ2) is 8.70. The topological polar surface area (TPSA) is 102 Å². The molecule has 140 valence electrons. The summed E-state index contributed by atoms with van der Waals surface area (Å²) >= 11 is 0. The molecule has 0 aromatic heterocycles. The predicted molar refractivity (Wildman–Crippen MR) is 84.2 cm³/mol. The van der Waals surface area contributed by atoms with Crippen molar-refractivity contribution < 1.29 is 32.6 Å². The molecule has 1 aliphatic carbocycles. The van der Waals surface area contributed by atoms with Crippen molar-refractivity contribution in [3.8, 4) is 5.75 Å². The van der Waals surface area contributed by atoms with Crippen LogP contribution in [0.3, 0.4) is 0 Å². The summed E-state index contributed by atoms with van der Waals surface area (Å²) in [6.07, 6.45) is -1.60. The fourth-order valence-electron chi connectivity index (χ4n) is 2.07. The van der Waals surface area contributed by atoms with Crippen LogP contribution < -0.4 is 15.8 Å². The van der Waals surface area contributed by atoms with Gasteiger partial charge in [0.15, 0.2) is 0 Å². The number of hydrogen-bond acceptors (Lipinski definition) is 4. The third kappa shape index (κ3) is 6.61. The van der Waals surface area contributed by atoms with Crippen molar-refractivity contribution in [2.24, 2.45) is 5.73 Å². The molecule has 0 bridgehead atoms. The number of benzene rings is 1. The maximum Gasteiger partial charge on any atom is 0.490 e. The molecule has 25 heavy (non-hydrogen) atoms. The molecule has 1 aromatic rings. The molecule has 0 unspecified atom stereocenters. The third-order valence-corrected chi connectivity index (χ3v) is 3.80. The Hall–Kier alpha value is -2.29. The van der Waals surface area contributed by atoms with E-state index >= 15 is 0 Å². The standard InChI is InChI=1S/C14H20N2O2.C2HF3O2/c1-18-12-5-3-11(4-6-12)7-10-16-13(17)14(15)8-2-9-14;3-2(4,5)1(6)7/h3-6H,2,7-10,15H2,1H3,(H,16,17);(H,6,7). The molecule has 0 radical (unpaired) electrons. The van der Waals surface area contributed by atoms with E-state index in [4.69, 9.17) is 20.4 Å². The van der Waals surface area contributed by atoms with Crippen LogP contribution in [0, 0.1) is 0 Å². The Morgan fingerprint density at radius 3 is 2.16 bits per heavy atom. The van der Waals surface area contributed by atoms with Gasteiger partial charge in [0, 0.05) is 6.54 Å². The van der Waals surface area contributed by atoms with Crippen LogP contribution in [-0.2, 0) is 16.0 Å². The molecule has 1 fully saturated rings. The lowest BCUT2D eigenvalue weighted by Crippen LogP contribution is -2.58. The first-order chi connectivity index (χ1) is 11.6. The zero-order valence-electron chi connectivity index (χ0n) is 13.7. The molecule has 2 rings (SSSR count). The number of halogens is 3. The van der Waals surface area contributed by atoms with Gasteiger partial charge in [0.1, 0.15) is 5.75 Å². The van der Waals surface area contributed by atoms with E-state index in [1.54, 1.807) is 7.11 Å². The number of carboxylic acid groups (broad SMARTS) is 1. The summed E-state index contributed by atoms with van der Waals surface area (Å²) in [5.74, 6) is -1.92. The number of amides is 1. The molecule has 9 heteroatoms. The Bertz CT molecular complexity index is 584. The van der Waals surface area contributed by atoms with Gasteiger partial charge in [0.05, 0.1) is 12.6 Å². The van der Waals surface area contributed by atoms with Crippen LogP contribution in [-0.4, -0.2) is 42.4 Å². The van der Waals surface area contributed by atoms with Crippen molar-refractivity contribution in [2.45, 2.75) is 37.4 Å². The van der Waals surface area contributed by atoms with E-state index in [0.717, 1.165) is 31.4 Å². The number of rotatable bonds is 5. The van der Waals surface area contributed by atoms with Gasteiger partial charge in [-0.2, -0.15) is 13.2 Å². The minimum atomic E-state index is -5.08. The quantitative estimate of drug-likeness (QED) is 0.742. The number of carboxylic acids is 1. The van der Waals surface area contributed by atoms with E-state index in [1.165, 1.54) is 5.56 Å². The first-order valence-corrected chi connectivity index (χ1v) is 7.59. The Balaban J connectivity index is 0.000000381. The van der Waals surface area contributed by atoms with Crippen LogP contribution in [0.1, 0.15) is 24.8 Å². The average molecular weight is 362 g/mol. The summed E-state index contributed by atoms with van der Waals surface area (Å²) in [4.78, 5) is 20.7. The molecule has 0 heterocycles. The van der Waals surface area contributed by atoms with Crippen LogP contribution in [0.2, 0.25) is 0 Å². The monoisotopic (exact) mass is 362 g/mol. The highest BCUT2D eigenvalue weighted by atomic mass is 19.4. The van der Waals surface area contributed by atoms with Crippen LogP contribution in [0.4, 0.5) is 13.2 Å². The van der Waals surface area contributed by atoms with Gasteiger partial charge in [0.2, 0.25) is 5.91 Å². The van der Waals surface area contributed by atoms with Crippen molar-refractivity contribution >= 4 is 11.9 Å². The SMILES string of the molecule is COc1ccc(CCNC(=O)C2(N)CCC2)cc1.O=C(O)C(F)(F)F. The van der Waals surface area contributed by atoms with E-state index in [0.29, 0.717) is 6.54 Å². The van der Waals surface area contributed by atoms with Crippen molar-refractivity contribution in [3.63, 3.8) is 0 Å². The van der Waals surface area contributed by atoms with Gasteiger partial charge >= 0.3 is 12.1 Å². The van der Waals surface area contributed by atoms with Crippen LogP contribution >= 0.6 is 0 Å². The fraction of sp³-hybridized carbons (Fsp3) is 0.500. The highest BCUT2D eigenvalue weighted by molar-refractivity contribution is 5.86. The van der Waals surface area contributed by atoms with Crippen molar-refractivity contribution in [3.05, 3.63) is 29.8 Å². The van der Waals surface area contributed by atoms with Gasteiger partial charge in [-0.1, -0.05) is 12.1 Å². The molecule has 6 nitrogen and oxygen atoms in total. The number of nitrogens with one attached hydrogen (secondary N) is 1. The number of hydrogen-bond donors (Lipinski definition) is 3. The van der Waals surface area contributed by atoms with Gasteiger partial charge in [-0.15, -0.1) is 0 Å². The molecule has 1 saturated carbocycles. The average Bonchev–Trinajstić information content (AvgIpc) is 2.52. The predicted octanol–water partition coefficient (Wildman–Crippen LogP) is 1.87. The molecular weight excluding hydrogens is 341 g/mol. The lowest BCUT2D eigenvalue weighted by Gasteiger charge is -2.36. The second-order valence-corrected chi connectivity index (χ2v) is 5.67. The minimum Gasteiger partial charge on any atom is -0.497 e. The Morgan fingerprint density at radius 2 is 1.80 bits per heavy atom. The van der Waals surface area contributed by atoms with Crippen LogP contribution in [0.5, 0.6) is 5.75 Å². The molecule has 1 amide bonds. The van der Waals surface area contributed by atoms with E-state index < -0.39 is 17.7 Å². The third-order valence-electron chi connectivity index (χ3n) is 3.80. The maximum absolute atomic E-state index is 11.8. The van der Waals surface area contributed by atoms with Crippen LogP contribution in [0.15, 0.2) is 24.3 Å². The maximum atomic E-state index is 11.8. The second-order valence-electron chi connectivity index (χ2n) is 5.67. The molecule has 0 atom stereocenters. The first-order valence-electron chi connectivity index (χ1n) is 7.59. The minimum absolute atomic E-state index is 0.0118. The van der Waals surface area contributed by atoms with E-state index in [2.05, 4.69) is 5.32 Å². The van der Waals surface area contributed by atoms with Gasteiger partial charge in [-0.3, -0.25) is 4.79 Å². The van der Waals surface area contributed by atoms with E-state index in [9.17, 15) is 18.0 Å². The molecular formula is C16H21F3N2O4. The van der Waals surface area contributed by atoms with Gasteiger partial charge in [0.25, 0.3) is 0 Å². The Kier molecular flexibility index (Phi) is 7.22. The molecule has 0 spiro atoms. The summed E-state index contributed by atoms with van der Waals surface area (Å²) in [5.41, 5.74) is 6.51. The number of alkyl halides is 3. The number of nitrogens with two attached hydrogens (primary N) is 1. The largest absolute Gasteiger partial charge is 0.497 e. The summed E-state index contributed by atoms with van der Waals surface area (Å²) in [5, 5.41) is 10.0. The summed E-state index contributed by atoms with van der Waals surface area (Å²) in [6, 6.07) is 7.86. The Morgan fingerprint density at radius 1 is 1.28 bits per heavy atom. The van der Waals surface area contributed by atoms with Crippen molar-refractivity contribution in [2.75, 3.05) is 13.7 Å². The number of carbonyl (C=O) groups is 2. The zero-order chi connectivity index (χ0) is 19.1. The molecule has 0 aliphatic heterocycles. The molecule has 0 saturated heterocycles. The van der Waals surface area contributed by atoms with Gasteiger partial charge < -0.3 is 20.9 Å². The molecule has 4 N–H and O–H groups in total. The highest BCUT2D eigenvalue weighted by Gasteiger charge is 2.39. The number of aliphatic carboxylic acids is 1. The lowest BCUT2D eigenvalue weighted by atomic mass is 9.77. The normalized spacial score (nSPS) is 15.2. The van der Waals surface area contributed by atoms with E-state index in [-0.39, 0.29) is 5.91 Å². The Labute approximate surface area is 143 Å². The van der Waals surface area contributed by atoms with Crippen LogP contribution in [0.25, 0.3) is 0 Å². The van der Waals surface area contributed by atoms with Crippen molar-refractivity contribution in [1.29, 1.82) is 0 Å². The van der Waals surface area contributed by atoms with E-state index in [1.807, 2.05) is 24.3 Å². The number of methoxy groups -OCH3 is 1. The first kappa shape index (κ1) is 20.8. The summed E-state index contributed by atoms with van der Waals surface area (Å²) in [6.45, 7) is 0.629. The fourth-order valence-corrected chi connectivity index (χ4v) is 2.07. The van der Waals surface area contributed by atoms with Crippen molar-refractivity contribution in [1.82, 2.24) is 5.32 Å². The molecule has 1 aromatic carbocycles. The smallest absolute Gasteiger partial charge is 0.490 e. The number of ether oxygens (including phenoxy) is 1. The zero-order valence-corrected chi connectivity index (χ0v) is 13.7. The summed E-state index contributed by atoms with van der Waals surface area (Å²) in [7, 11) is 1.65. The summed E-state index contributed by atoms with van der Waals surface area (Å²) < 4.78 is 36.8.